The Balaban J connectivity index is 2.01. The maximum Gasteiger partial charge on any atom is 0.233 e. The minimum atomic E-state index is 0.491. The highest BCUT2D eigenvalue weighted by atomic mass is 16.5. The molecule has 0 atom stereocenters. The molecule has 1 aromatic heterocycles. The normalized spacial score (nSPS) is 9.89. The molecule has 0 saturated carbocycles. The molecule has 1 heterocycles. The van der Waals surface area contributed by atoms with Gasteiger partial charge in [0, 0.05) is 6.54 Å². The van der Waals surface area contributed by atoms with Crippen LogP contribution in [0, 0.1) is 0 Å². The lowest BCUT2D eigenvalue weighted by Crippen LogP contribution is -2.02. The van der Waals surface area contributed by atoms with E-state index < -0.39 is 0 Å². The van der Waals surface area contributed by atoms with Gasteiger partial charge in [0.25, 0.3) is 0 Å². The Morgan fingerprint density at radius 1 is 1.17 bits per heavy atom. The largest absolute Gasteiger partial charge is 0.497 e. The molecule has 0 aliphatic carbocycles. The molecule has 0 fully saturated rings. The highest BCUT2D eigenvalue weighted by molar-refractivity contribution is 5.36. The summed E-state index contributed by atoms with van der Waals surface area (Å²) < 4.78 is 10.2. The number of nitrogens with zero attached hydrogens (tertiary/aromatic N) is 2. The standard InChI is InChI=1S/C13H15N3O2/c1-17-11-5-3-4-10(6-11)7-15-12-8-14-9-13(16-12)18-2/h3-6,8-9H,7H2,1-2H3,(H,15,16). The van der Waals surface area contributed by atoms with Gasteiger partial charge < -0.3 is 14.8 Å². The van der Waals surface area contributed by atoms with Crippen molar-refractivity contribution in [2.75, 3.05) is 19.5 Å². The molecule has 5 nitrogen and oxygen atoms in total. The second-order valence-corrected chi connectivity index (χ2v) is 3.65. The summed E-state index contributed by atoms with van der Waals surface area (Å²) in [5.41, 5.74) is 1.11. The highest BCUT2D eigenvalue weighted by Crippen LogP contribution is 2.14. The van der Waals surface area contributed by atoms with Crippen LogP contribution in [0.5, 0.6) is 11.6 Å². The van der Waals surface area contributed by atoms with Crippen LogP contribution < -0.4 is 14.8 Å². The first kappa shape index (κ1) is 12.2. The molecule has 0 amide bonds. The van der Waals surface area contributed by atoms with E-state index in [0.717, 1.165) is 11.3 Å². The molecule has 1 N–H and O–H groups in total. The Morgan fingerprint density at radius 2 is 2.06 bits per heavy atom. The molecule has 0 radical (unpaired) electrons. The second kappa shape index (κ2) is 5.86. The third-order valence-electron chi connectivity index (χ3n) is 2.43. The van der Waals surface area contributed by atoms with E-state index in [4.69, 9.17) is 9.47 Å². The van der Waals surface area contributed by atoms with Crippen LogP contribution >= 0.6 is 0 Å². The SMILES string of the molecule is COc1cccc(CNc2cncc(OC)n2)c1. The Labute approximate surface area is 106 Å². The van der Waals surface area contributed by atoms with Gasteiger partial charge >= 0.3 is 0 Å². The summed E-state index contributed by atoms with van der Waals surface area (Å²) in [5.74, 6) is 2.01. The number of hydrogen-bond donors (Lipinski definition) is 1. The van der Waals surface area contributed by atoms with Gasteiger partial charge in [-0.25, -0.2) is 0 Å². The van der Waals surface area contributed by atoms with E-state index in [9.17, 15) is 0 Å². The number of benzene rings is 1. The van der Waals surface area contributed by atoms with Crippen LogP contribution in [0.4, 0.5) is 5.82 Å². The average molecular weight is 245 g/mol. The molecule has 2 rings (SSSR count). The van der Waals surface area contributed by atoms with E-state index in [2.05, 4.69) is 15.3 Å². The van der Waals surface area contributed by atoms with Gasteiger partial charge in [-0.3, -0.25) is 4.98 Å². The van der Waals surface area contributed by atoms with Gasteiger partial charge in [0.2, 0.25) is 5.88 Å². The van der Waals surface area contributed by atoms with E-state index in [-0.39, 0.29) is 0 Å². The fourth-order valence-corrected chi connectivity index (χ4v) is 1.51. The fraction of sp³-hybridized carbons (Fsp3) is 0.231. The Bertz CT molecular complexity index is 470. The lowest BCUT2D eigenvalue weighted by atomic mass is 10.2. The lowest BCUT2D eigenvalue weighted by molar-refractivity contribution is 0.396. The summed E-state index contributed by atoms with van der Waals surface area (Å²) in [7, 11) is 3.22. The van der Waals surface area contributed by atoms with Gasteiger partial charge in [0.15, 0.2) is 0 Å². The monoisotopic (exact) mass is 245 g/mol. The van der Waals surface area contributed by atoms with Crippen molar-refractivity contribution in [2.24, 2.45) is 0 Å². The first-order valence-electron chi connectivity index (χ1n) is 5.54. The summed E-state index contributed by atoms with van der Waals surface area (Å²) in [6.45, 7) is 0.652. The topological polar surface area (TPSA) is 56.3 Å². The zero-order valence-corrected chi connectivity index (χ0v) is 10.4. The summed E-state index contributed by atoms with van der Waals surface area (Å²) in [4.78, 5) is 8.25. The zero-order valence-electron chi connectivity index (χ0n) is 10.4. The van der Waals surface area contributed by atoms with Gasteiger partial charge in [-0.15, -0.1) is 0 Å². The van der Waals surface area contributed by atoms with Crippen molar-refractivity contribution in [1.82, 2.24) is 9.97 Å². The summed E-state index contributed by atoms with van der Waals surface area (Å²) in [5, 5.41) is 3.18. The first-order valence-corrected chi connectivity index (χ1v) is 5.54. The van der Waals surface area contributed by atoms with Gasteiger partial charge in [-0.05, 0) is 17.7 Å². The fourth-order valence-electron chi connectivity index (χ4n) is 1.51. The number of hydrogen-bond acceptors (Lipinski definition) is 5. The number of ether oxygens (including phenoxy) is 2. The van der Waals surface area contributed by atoms with E-state index in [1.807, 2.05) is 24.3 Å². The van der Waals surface area contributed by atoms with Crippen molar-refractivity contribution in [3.63, 3.8) is 0 Å². The molecular weight excluding hydrogens is 230 g/mol. The van der Waals surface area contributed by atoms with Crippen molar-refractivity contribution in [1.29, 1.82) is 0 Å². The molecule has 94 valence electrons. The number of rotatable bonds is 5. The van der Waals surface area contributed by atoms with E-state index in [1.165, 1.54) is 0 Å². The number of aromatic nitrogens is 2. The number of methoxy groups -OCH3 is 2. The molecule has 0 unspecified atom stereocenters. The van der Waals surface area contributed by atoms with Crippen molar-refractivity contribution in [3.8, 4) is 11.6 Å². The van der Waals surface area contributed by atoms with Crippen LogP contribution in [0.15, 0.2) is 36.7 Å². The highest BCUT2D eigenvalue weighted by Gasteiger charge is 1.99. The lowest BCUT2D eigenvalue weighted by Gasteiger charge is -2.07. The van der Waals surface area contributed by atoms with Crippen LogP contribution in [0.2, 0.25) is 0 Å². The van der Waals surface area contributed by atoms with Gasteiger partial charge in [-0.2, -0.15) is 4.98 Å². The average Bonchev–Trinajstić information content (AvgIpc) is 2.45. The molecule has 0 aliphatic rings. The molecule has 0 aliphatic heterocycles. The van der Waals surface area contributed by atoms with Crippen LogP contribution in [-0.4, -0.2) is 24.2 Å². The third kappa shape index (κ3) is 3.10. The van der Waals surface area contributed by atoms with Crippen molar-refractivity contribution in [3.05, 3.63) is 42.2 Å². The molecular formula is C13H15N3O2. The van der Waals surface area contributed by atoms with Crippen molar-refractivity contribution < 1.29 is 9.47 Å². The van der Waals surface area contributed by atoms with Crippen molar-refractivity contribution in [2.45, 2.75) is 6.54 Å². The maximum absolute atomic E-state index is 5.17. The van der Waals surface area contributed by atoms with E-state index in [1.54, 1.807) is 26.6 Å². The predicted octanol–water partition coefficient (Wildman–Crippen LogP) is 2.11. The number of anilines is 1. The first-order chi connectivity index (χ1) is 8.81. The Hall–Kier alpha value is -2.30. The van der Waals surface area contributed by atoms with Crippen LogP contribution in [0.25, 0.3) is 0 Å². The van der Waals surface area contributed by atoms with Crippen LogP contribution in [0.3, 0.4) is 0 Å². The molecule has 0 saturated heterocycles. The predicted molar refractivity (Wildman–Crippen MR) is 68.9 cm³/mol. The smallest absolute Gasteiger partial charge is 0.233 e. The minimum absolute atomic E-state index is 0.491. The van der Waals surface area contributed by atoms with Crippen molar-refractivity contribution >= 4 is 5.82 Å². The Morgan fingerprint density at radius 3 is 2.83 bits per heavy atom. The second-order valence-electron chi connectivity index (χ2n) is 3.65. The minimum Gasteiger partial charge on any atom is -0.497 e. The molecule has 18 heavy (non-hydrogen) atoms. The van der Waals surface area contributed by atoms with Gasteiger partial charge in [0.1, 0.15) is 11.6 Å². The Kier molecular flexibility index (Phi) is 3.96. The summed E-state index contributed by atoms with van der Waals surface area (Å²) in [6.07, 6.45) is 3.22. The van der Waals surface area contributed by atoms with Crippen LogP contribution in [0.1, 0.15) is 5.56 Å². The number of nitrogens with one attached hydrogen (secondary N) is 1. The zero-order chi connectivity index (χ0) is 12.8. The third-order valence-corrected chi connectivity index (χ3v) is 2.43. The van der Waals surface area contributed by atoms with Gasteiger partial charge in [0.05, 0.1) is 26.6 Å². The van der Waals surface area contributed by atoms with E-state index >= 15 is 0 Å². The van der Waals surface area contributed by atoms with Gasteiger partial charge in [-0.1, -0.05) is 12.1 Å². The molecule has 5 heteroatoms. The maximum atomic E-state index is 5.17. The van der Waals surface area contributed by atoms with E-state index in [0.29, 0.717) is 18.2 Å². The summed E-state index contributed by atoms with van der Waals surface area (Å²) in [6, 6.07) is 7.85. The molecule has 1 aromatic carbocycles. The van der Waals surface area contributed by atoms with Crippen LogP contribution in [-0.2, 0) is 6.54 Å². The quantitative estimate of drug-likeness (QED) is 0.874. The molecule has 0 spiro atoms. The molecule has 2 aromatic rings. The summed E-state index contributed by atoms with van der Waals surface area (Å²) >= 11 is 0. The molecule has 0 bridgehead atoms.